The highest BCUT2D eigenvalue weighted by Gasteiger charge is 2.07. The lowest BCUT2D eigenvalue weighted by molar-refractivity contribution is 0.570. The van der Waals surface area contributed by atoms with Crippen LogP contribution >= 0.6 is 22.7 Å². The predicted octanol–water partition coefficient (Wildman–Crippen LogP) is 3.31. The van der Waals surface area contributed by atoms with Gasteiger partial charge in [-0.25, -0.2) is 4.98 Å². The Labute approximate surface area is 108 Å². The lowest BCUT2D eigenvalue weighted by Crippen LogP contribution is -2.17. The highest BCUT2D eigenvalue weighted by atomic mass is 32.1. The summed E-state index contributed by atoms with van der Waals surface area (Å²) in [7, 11) is 0. The largest absolute Gasteiger partial charge is 0.304 e. The first-order chi connectivity index (χ1) is 8.33. The van der Waals surface area contributed by atoms with E-state index in [1.165, 1.54) is 5.56 Å². The van der Waals surface area contributed by atoms with E-state index in [9.17, 15) is 0 Å². The number of thiazole rings is 1. The molecule has 0 aromatic carbocycles. The zero-order chi connectivity index (χ0) is 11.7. The van der Waals surface area contributed by atoms with Crippen LogP contribution in [-0.4, -0.2) is 9.38 Å². The Morgan fingerprint density at radius 1 is 1.47 bits per heavy atom. The van der Waals surface area contributed by atoms with Gasteiger partial charge in [0, 0.05) is 30.4 Å². The van der Waals surface area contributed by atoms with Gasteiger partial charge in [0.25, 0.3) is 0 Å². The average Bonchev–Trinajstić information content (AvgIpc) is 3.01. The van der Waals surface area contributed by atoms with Crippen LogP contribution in [0.15, 0.2) is 34.6 Å². The zero-order valence-electron chi connectivity index (χ0n) is 9.46. The van der Waals surface area contributed by atoms with Crippen LogP contribution in [-0.2, 0) is 6.54 Å². The molecule has 0 aliphatic heterocycles. The molecule has 0 radical (unpaired) electrons. The number of thiophene rings is 1. The second-order valence-electron chi connectivity index (χ2n) is 3.98. The Bertz CT molecular complexity index is 566. The molecule has 0 bridgehead atoms. The van der Waals surface area contributed by atoms with E-state index in [1.807, 2.05) is 11.6 Å². The summed E-state index contributed by atoms with van der Waals surface area (Å²) in [6.07, 6.45) is 4.12. The maximum atomic E-state index is 4.55. The monoisotopic (exact) mass is 263 g/mol. The molecule has 0 aliphatic carbocycles. The van der Waals surface area contributed by atoms with Crippen molar-refractivity contribution < 1.29 is 0 Å². The Kier molecular flexibility index (Phi) is 2.96. The van der Waals surface area contributed by atoms with E-state index in [0.717, 1.165) is 17.2 Å². The van der Waals surface area contributed by atoms with E-state index in [0.29, 0.717) is 6.04 Å². The summed E-state index contributed by atoms with van der Waals surface area (Å²) >= 11 is 3.40. The van der Waals surface area contributed by atoms with Gasteiger partial charge in [-0.3, -0.25) is 4.40 Å². The number of nitrogens with zero attached hydrogens (tertiary/aromatic N) is 2. The quantitative estimate of drug-likeness (QED) is 0.782. The minimum Gasteiger partial charge on any atom is -0.304 e. The van der Waals surface area contributed by atoms with Crippen molar-refractivity contribution >= 4 is 27.6 Å². The summed E-state index contributed by atoms with van der Waals surface area (Å²) < 4.78 is 2.07. The molecular weight excluding hydrogens is 250 g/mol. The number of nitrogens with one attached hydrogen (secondary N) is 1. The van der Waals surface area contributed by atoms with Gasteiger partial charge < -0.3 is 5.32 Å². The SMILES string of the molecule is CC(NCc1cn2ccsc2n1)c1ccsc1. The van der Waals surface area contributed by atoms with Crippen LogP contribution in [0.5, 0.6) is 0 Å². The van der Waals surface area contributed by atoms with Gasteiger partial charge in [-0.15, -0.1) is 11.3 Å². The van der Waals surface area contributed by atoms with Crippen LogP contribution < -0.4 is 5.32 Å². The van der Waals surface area contributed by atoms with Gasteiger partial charge in [-0.2, -0.15) is 11.3 Å². The summed E-state index contributed by atoms with van der Waals surface area (Å²) in [5.41, 5.74) is 2.44. The van der Waals surface area contributed by atoms with Crippen molar-refractivity contribution in [2.75, 3.05) is 0 Å². The Morgan fingerprint density at radius 3 is 3.18 bits per heavy atom. The molecule has 1 atom stereocenters. The molecule has 0 spiro atoms. The van der Waals surface area contributed by atoms with E-state index in [1.54, 1.807) is 22.7 Å². The van der Waals surface area contributed by atoms with Gasteiger partial charge in [-0.05, 0) is 29.3 Å². The van der Waals surface area contributed by atoms with Crippen LogP contribution in [0.25, 0.3) is 4.96 Å². The van der Waals surface area contributed by atoms with Crippen LogP contribution in [0.3, 0.4) is 0 Å². The molecule has 0 amide bonds. The second-order valence-corrected chi connectivity index (χ2v) is 5.64. The van der Waals surface area contributed by atoms with Gasteiger partial charge >= 0.3 is 0 Å². The summed E-state index contributed by atoms with van der Waals surface area (Å²) in [5, 5.41) is 9.83. The molecule has 17 heavy (non-hydrogen) atoms. The molecule has 3 rings (SSSR count). The van der Waals surface area contributed by atoms with E-state index >= 15 is 0 Å². The summed E-state index contributed by atoms with van der Waals surface area (Å²) in [6.45, 7) is 2.99. The molecule has 0 fully saturated rings. The number of hydrogen-bond donors (Lipinski definition) is 1. The molecule has 0 saturated carbocycles. The number of imidazole rings is 1. The van der Waals surface area contributed by atoms with E-state index in [-0.39, 0.29) is 0 Å². The van der Waals surface area contributed by atoms with Crippen LogP contribution in [0.4, 0.5) is 0 Å². The first kappa shape index (κ1) is 11.0. The van der Waals surface area contributed by atoms with Crippen molar-refractivity contribution in [2.24, 2.45) is 0 Å². The highest BCUT2D eigenvalue weighted by Crippen LogP contribution is 2.16. The van der Waals surface area contributed by atoms with Gasteiger partial charge in [0.15, 0.2) is 4.96 Å². The van der Waals surface area contributed by atoms with Crippen molar-refractivity contribution in [3.63, 3.8) is 0 Å². The molecule has 88 valence electrons. The van der Waals surface area contributed by atoms with E-state index in [4.69, 9.17) is 0 Å². The lowest BCUT2D eigenvalue weighted by atomic mass is 10.2. The molecule has 3 nitrogen and oxygen atoms in total. The third-order valence-corrected chi connectivity index (χ3v) is 4.25. The summed E-state index contributed by atoms with van der Waals surface area (Å²) in [4.78, 5) is 5.61. The predicted molar refractivity (Wildman–Crippen MR) is 72.6 cm³/mol. The fourth-order valence-electron chi connectivity index (χ4n) is 1.76. The normalized spacial score (nSPS) is 13.2. The van der Waals surface area contributed by atoms with Gasteiger partial charge in [0.1, 0.15) is 0 Å². The molecular formula is C12H13N3S2. The molecule has 0 saturated heterocycles. The van der Waals surface area contributed by atoms with Crippen molar-refractivity contribution in [3.8, 4) is 0 Å². The fourth-order valence-corrected chi connectivity index (χ4v) is 3.23. The Morgan fingerprint density at radius 2 is 2.41 bits per heavy atom. The number of fused-ring (bicyclic) bond motifs is 1. The van der Waals surface area contributed by atoms with Crippen LogP contribution in [0.1, 0.15) is 24.2 Å². The standard InChI is InChI=1S/C12H13N3S2/c1-9(10-2-4-16-8-10)13-6-11-7-15-3-5-17-12(15)14-11/h2-5,7-9,13H,6H2,1H3. The summed E-state index contributed by atoms with van der Waals surface area (Å²) in [6, 6.07) is 2.54. The van der Waals surface area contributed by atoms with Gasteiger partial charge in [-0.1, -0.05) is 0 Å². The second kappa shape index (κ2) is 4.60. The molecule has 1 N–H and O–H groups in total. The van der Waals surface area contributed by atoms with Crippen molar-refractivity contribution in [3.05, 3.63) is 45.9 Å². The third-order valence-electron chi connectivity index (χ3n) is 2.78. The van der Waals surface area contributed by atoms with Crippen molar-refractivity contribution in [1.29, 1.82) is 0 Å². The number of rotatable bonds is 4. The topological polar surface area (TPSA) is 29.3 Å². The molecule has 5 heteroatoms. The highest BCUT2D eigenvalue weighted by molar-refractivity contribution is 7.15. The van der Waals surface area contributed by atoms with Crippen molar-refractivity contribution in [2.45, 2.75) is 19.5 Å². The summed E-state index contributed by atoms with van der Waals surface area (Å²) in [5.74, 6) is 0. The molecule has 1 unspecified atom stereocenters. The fraction of sp³-hybridized carbons (Fsp3) is 0.250. The molecule has 3 aromatic heterocycles. The van der Waals surface area contributed by atoms with Crippen LogP contribution in [0.2, 0.25) is 0 Å². The smallest absolute Gasteiger partial charge is 0.193 e. The first-order valence-corrected chi connectivity index (χ1v) is 7.32. The number of hydrogen-bond acceptors (Lipinski definition) is 4. The maximum absolute atomic E-state index is 4.55. The Hall–Kier alpha value is -1.17. The molecule has 0 aliphatic rings. The minimum atomic E-state index is 0.376. The number of aromatic nitrogens is 2. The molecule has 3 heterocycles. The van der Waals surface area contributed by atoms with E-state index in [2.05, 4.69) is 44.6 Å². The third kappa shape index (κ3) is 2.26. The minimum absolute atomic E-state index is 0.376. The van der Waals surface area contributed by atoms with E-state index < -0.39 is 0 Å². The first-order valence-electron chi connectivity index (χ1n) is 5.49. The Balaban J connectivity index is 1.66. The lowest BCUT2D eigenvalue weighted by Gasteiger charge is -2.10. The zero-order valence-corrected chi connectivity index (χ0v) is 11.1. The molecule has 3 aromatic rings. The van der Waals surface area contributed by atoms with Gasteiger partial charge in [0.2, 0.25) is 0 Å². The maximum Gasteiger partial charge on any atom is 0.193 e. The van der Waals surface area contributed by atoms with Crippen LogP contribution in [0, 0.1) is 0 Å². The van der Waals surface area contributed by atoms with Crippen molar-refractivity contribution in [1.82, 2.24) is 14.7 Å². The van der Waals surface area contributed by atoms with Gasteiger partial charge in [0.05, 0.1) is 5.69 Å². The average molecular weight is 263 g/mol.